The Morgan fingerprint density at radius 3 is 3.11 bits per heavy atom. The van der Waals surface area contributed by atoms with Crippen molar-refractivity contribution in [3.05, 3.63) is 27.7 Å². The van der Waals surface area contributed by atoms with Crippen LogP contribution < -0.4 is 5.32 Å². The van der Waals surface area contributed by atoms with Crippen LogP contribution in [-0.2, 0) is 5.54 Å². The summed E-state index contributed by atoms with van der Waals surface area (Å²) in [4.78, 5) is 4.86. The van der Waals surface area contributed by atoms with E-state index in [4.69, 9.17) is 4.98 Å². The first kappa shape index (κ1) is 12.6. The van der Waals surface area contributed by atoms with Crippen LogP contribution in [0.5, 0.6) is 0 Å². The topological polar surface area (TPSA) is 24.9 Å². The molecular weight excluding hydrogens is 308 g/mol. The summed E-state index contributed by atoms with van der Waals surface area (Å²) in [5.74, 6) is 0. The van der Waals surface area contributed by atoms with E-state index in [0.717, 1.165) is 16.5 Å². The third-order valence-corrected chi connectivity index (χ3v) is 5.40. The van der Waals surface area contributed by atoms with Crippen LogP contribution in [0.2, 0.25) is 0 Å². The van der Waals surface area contributed by atoms with Gasteiger partial charge < -0.3 is 5.32 Å². The van der Waals surface area contributed by atoms with E-state index < -0.39 is 0 Å². The van der Waals surface area contributed by atoms with Crippen LogP contribution in [0.3, 0.4) is 0 Å². The van der Waals surface area contributed by atoms with Crippen molar-refractivity contribution >= 4 is 37.5 Å². The second-order valence-electron chi connectivity index (χ2n) is 4.99. The van der Waals surface area contributed by atoms with Crippen molar-refractivity contribution < 1.29 is 0 Å². The standard InChI is InChI=1S/C14H17BrN2S/c1-2-6-14(7-3-8-16-14)13-17-11-5-4-10(15)9-12(11)18-13/h4-5,9,16H,2-3,6-8H2,1H3. The van der Waals surface area contributed by atoms with E-state index in [-0.39, 0.29) is 5.54 Å². The Hall–Kier alpha value is -0.450. The van der Waals surface area contributed by atoms with Gasteiger partial charge in [-0.25, -0.2) is 4.98 Å². The zero-order chi connectivity index (χ0) is 12.6. The van der Waals surface area contributed by atoms with Gasteiger partial charge in [0.25, 0.3) is 0 Å². The smallest absolute Gasteiger partial charge is 0.114 e. The van der Waals surface area contributed by atoms with E-state index in [1.165, 1.54) is 35.4 Å². The molecule has 0 amide bonds. The van der Waals surface area contributed by atoms with Crippen molar-refractivity contribution in [3.63, 3.8) is 0 Å². The highest BCUT2D eigenvalue weighted by Gasteiger charge is 2.37. The molecule has 0 radical (unpaired) electrons. The molecule has 1 atom stereocenters. The maximum atomic E-state index is 4.86. The van der Waals surface area contributed by atoms with Gasteiger partial charge in [0.15, 0.2) is 0 Å². The highest BCUT2D eigenvalue weighted by atomic mass is 79.9. The lowest BCUT2D eigenvalue weighted by atomic mass is 9.93. The Morgan fingerprint density at radius 1 is 1.50 bits per heavy atom. The predicted octanol–water partition coefficient (Wildman–Crippen LogP) is 4.44. The van der Waals surface area contributed by atoms with Crippen LogP contribution in [0.25, 0.3) is 10.2 Å². The van der Waals surface area contributed by atoms with Crippen molar-refractivity contribution in [1.82, 2.24) is 10.3 Å². The Balaban J connectivity index is 2.06. The van der Waals surface area contributed by atoms with Crippen LogP contribution >= 0.6 is 27.3 Å². The zero-order valence-corrected chi connectivity index (χ0v) is 12.9. The molecule has 1 aromatic heterocycles. The van der Waals surface area contributed by atoms with Gasteiger partial charge in [0.05, 0.1) is 15.8 Å². The SMILES string of the molecule is CCCC1(c2nc3ccc(Br)cc3s2)CCCN1. The number of thiazole rings is 1. The first-order valence-electron chi connectivity index (χ1n) is 6.55. The number of nitrogens with one attached hydrogen (secondary N) is 1. The molecule has 2 nitrogen and oxygen atoms in total. The van der Waals surface area contributed by atoms with Gasteiger partial charge in [-0.3, -0.25) is 0 Å². The lowest BCUT2D eigenvalue weighted by molar-refractivity contribution is 0.355. The van der Waals surface area contributed by atoms with E-state index in [0.29, 0.717) is 0 Å². The van der Waals surface area contributed by atoms with Crippen LogP contribution in [-0.4, -0.2) is 11.5 Å². The Bertz CT molecular complexity index is 558. The second kappa shape index (κ2) is 4.91. The van der Waals surface area contributed by atoms with Gasteiger partial charge in [0.1, 0.15) is 5.01 Å². The minimum Gasteiger partial charge on any atom is -0.305 e. The molecular formula is C14H17BrN2S. The number of aromatic nitrogens is 1. The fourth-order valence-corrected chi connectivity index (χ4v) is 4.58. The van der Waals surface area contributed by atoms with Gasteiger partial charge >= 0.3 is 0 Å². The van der Waals surface area contributed by atoms with Crippen molar-refractivity contribution in [2.75, 3.05) is 6.54 Å². The fraction of sp³-hybridized carbons (Fsp3) is 0.500. The average molecular weight is 325 g/mol. The molecule has 1 aliphatic rings. The van der Waals surface area contributed by atoms with E-state index in [1.807, 2.05) is 11.3 Å². The van der Waals surface area contributed by atoms with Gasteiger partial charge in [-0.05, 0) is 44.0 Å². The van der Waals surface area contributed by atoms with Crippen molar-refractivity contribution in [1.29, 1.82) is 0 Å². The highest BCUT2D eigenvalue weighted by Crippen LogP contribution is 2.39. The molecule has 1 N–H and O–H groups in total. The summed E-state index contributed by atoms with van der Waals surface area (Å²) in [6.45, 7) is 3.38. The lowest BCUT2D eigenvalue weighted by Crippen LogP contribution is -2.36. The summed E-state index contributed by atoms with van der Waals surface area (Å²) >= 11 is 5.38. The molecule has 96 valence electrons. The van der Waals surface area contributed by atoms with Crippen LogP contribution in [0.4, 0.5) is 0 Å². The van der Waals surface area contributed by atoms with Gasteiger partial charge in [0, 0.05) is 4.47 Å². The summed E-state index contributed by atoms with van der Waals surface area (Å²) in [5, 5.41) is 4.97. The molecule has 2 aromatic rings. The lowest BCUT2D eigenvalue weighted by Gasteiger charge is -2.26. The third kappa shape index (κ3) is 2.10. The predicted molar refractivity (Wildman–Crippen MR) is 81.1 cm³/mol. The molecule has 0 saturated carbocycles. The maximum absolute atomic E-state index is 4.86. The molecule has 0 aliphatic carbocycles. The van der Waals surface area contributed by atoms with Crippen molar-refractivity contribution in [2.24, 2.45) is 0 Å². The quantitative estimate of drug-likeness (QED) is 0.902. The number of halogens is 1. The van der Waals surface area contributed by atoms with Crippen LogP contribution in [0.15, 0.2) is 22.7 Å². The molecule has 3 rings (SSSR count). The van der Waals surface area contributed by atoms with E-state index in [2.05, 4.69) is 46.4 Å². The minimum absolute atomic E-state index is 0.144. The Morgan fingerprint density at radius 2 is 2.39 bits per heavy atom. The van der Waals surface area contributed by atoms with E-state index in [1.54, 1.807) is 0 Å². The first-order chi connectivity index (χ1) is 8.73. The van der Waals surface area contributed by atoms with Gasteiger partial charge in [-0.1, -0.05) is 29.3 Å². The number of rotatable bonds is 3. The molecule has 1 saturated heterocycles. The Labute approximate surface area is 120 Å². The summed E-state index contributed by atoms with van der Waals surface area (Å²) in [6.07, 6.45) is 4.88. The number of hydrogen-bond acceptors (Lipinski definition) is 3. The van der Waals surface area contributed by atoms with E-state index >= 15 is 0 Å². The van der Waals surface area contributed by atoms with Crippen LogP contribution in [0, 0.1) is 0 Å². The monoisotopic (exact) mass is 324 g/mol. The molecule has 1 aliphatic heterocycles. The molecule has 1 fully saturated rings. The molecule has 4 heteroatoms. The normalized spacial score (nSPS) is 23.9. The number of nitrogens with zero attached hydrogens (tertiary/aromatic N) is 1. The average Bonchev–Trinajstić information content (AvgIpc) is 2.95. The molecule has 0 bridgehead atoms. The van der Waals surface area contributed by atoms with E-state index in [9.17, 15) is 0 Å². The molecule has 2 heterocycles. The Kier molecular flexibility index (Phi) is 3.43. The minimum atomic E-state index is 0.144. The second-order valence-corrected chi connectivity index (χ2v) is 6.94. The van der Waals surface area contributed by atoms with Crippen molar-refractivity contribution in [3.8, 4) is 0 Å². The molecule has 1 aromatic carbocycles. The maximum Gasteiger partial charge on any atom is 0.114 e. The highest BCUT2D eigenvalue weighted by molar-refractivity contribution is 9.10. The molecule has 18 heavy (non-hydrogen) atoms. The molecule has 1 unspecified atom stereocenters. The van der Waals surface area contributed by atoms with Crippen LogP contribution in [0.1, 0.15) is 37.6 Å². The third-order valence-electron chi connectivity index (χ3n) is 3.68. The molecule has 0 spiro atoms. The largest absolute Gasteiger partial charge is 0.305 e. The van der Waals surface area contributed by atoms with Gasteiger partial charge in [-0.2, -0.15) is 0 Å². The first-order valence-corrected chi connectivity index (χ1v) is 8.16. The summed E-state index contributed by atoms with van der Waals surface area (Å²) in [5.41, 5.74) is 1.27. The zero-order valence-electron chi connectivity index (χ0n) is 10.5. The van der Waals surface area contributed by atoms with Gasteiger partial charge in [0.2, 0.25) is 0 Å². The summed E-state index contributed by atoms with van der Waals surface area (Å²) in [7, 11) is 0. The van der Waals surface area contributed by atoms with Crippen molar-refractivity contribution in [2.45, 2.75) is 38.1 Å². The summed E-state index contributed by atoms with van der Waals surface area (Å²) in [6, 6.07) is 6.35. The number of fused-ring (bicyclic) bond motifs is 1. The number of benzene rings is 1. The number of hydrogen-bond donors (Lipinski definition) is 1. The summed E-state index contributed by atoms with van der Waals surface area (Å²) < 4.78 is 2.41. The fourth-order valence-electron chi connectivity index (χ4n) is 2.84. The van der Waals surface area contributed by atoms with Gasteiger partial charge in [-0.15, -0.1) is 11.3 Å².